The molecule has 2 aromatic carbocycles. The highest BCUT2D eigenvalue weighted by Crippen LogP contribution is 2.18. The van der Waals surface area contributed by atoms with E-state index in [4.69, 9.17) is 0 Å². The molecule has 3 amide bonds. The van der Waals surface area contributed by atoms with Crippen LogP contribution in [-0.4, -0.2) is 42.3 Å². The van der Waals surface area contributed by atoms with Crippen molar-refractivity contribution in [3.63, 3.8) is 0 Å². The summed E-state index contributed by atoms with van der Waals surface area (Å²) in [7, 11) is 0. The maximum atomic E-state index is 12.0. The minimum Gasteiger partial charge on any atom is -0.348 e. The maximum absolute atomic E-state index is 12.0. The second-order valence-corrected chi connectivity index (χ2v) is 6.11. The van der Waals surface area contributed by atoms with Gasteiger partial charge in [-0.2, -0.15) is 0 Å². The van der Waals surface area contributed by atoms with Crippen LogP contribution in [0, 0.1) is 0 Å². The minimum absolute atomic E-state index is 0.167. The highest BCUT2D eigenvalue weighted by Gasteiger charge is 2.19. The van der Waals surface area contributed by atoms with E-state index in [-0.39, 0.29) is 5.91 Å². The van der Waals surface area contributed by atoms with Crippen molar-refractivity contribution in [3.05, 3.63) is 42.5 Å². The zero-order chi connectivity index (χ0) is 17.6. The second-order valence-electron chi connectivity index (χ2n) is 6.11. The van der Waals surface area contributed by atoms with Gasteiger partial charge in [0.15, 0.2) is 0 Å². The molecule has 3 rings (SSSR count). The van der Waals surface area contributed by atoms with Gasteiger partial charge in [-0.05, 0) is 35.7 Å². The summed E-state index contributed by atoms with van der Waals surface area (Å²) in [6, 6.07) is 13.3. The summed E-state index contributed by atoms with van der Waals surface area (Å²) < 4.78 is 0. The van der Waals surface area contributed by atoms with Crippen LogP contribution in [0.2, 0.25) is 0 Å². The molecule has 1 aliphatic rings. The third-order valence-electron chi connectivity index (χ3n) is 4.28. The van der Waals surface area contributed by atoms with Gasteiger partial charge in [-0.25, -0.2) is 0 Å². The Bertz CT molecular complexity index is 803. The molecule has 1 heterocycles. The number of carbonyl (C=O) groups excluding carboxylic acids is 3. The van der Waals surface area contributed by atoms with E-state index in [1.807, 2.05) is 36.4 Å². The fraction of sp³-hybridized carbons (Fsp3) is 0.316. The fourth-order valence-electron chi connectivity index (χ4n) is 2.95. The largest absolute Gasteiger partial charge is 0.348 e. The van der Waals surface area contributed by atoms with Gasteiger partial charge in [-0.3, -0.25) is 14.4 Å². The Morgan fingerprint density at radius 3 is 2.60 bits per heavy atom. The smallest absolute Gasteiger partial charge is 0.313 e. The van der Waals surface area contributed by atoms with Gasteiger partial charge in [0.25, 0.3) is 0 Å². The lowest BCUT2D eigenvalue weighted by Crippen LogP contribution is -2.37. The molecule has 6 nitrogen and oxygen atoms in total. The number of likely N-dealkylation sites (tertiary alicyclic amines) is 1. The number of benzene rings is 2. The molecule has 2 aromatic rings. The summed E-state index contributed by atoms with van der Waals surface area (Å²) >= 11 is 0. The maximum Gasteiger partial charge on any atom is 0.313 e. The van der Waals surface area contributed by atoms with Crippen LogP contribution in [0.1, 0.15) is 19.3 Å². The molecule has 0 aliphatic carbocycles. The van der Waals surface area contributed by atoms with Gasteiger partial charge < -0.3 is 15.5 Å². The Morgan fingerprint density at radius 1 is 1.04 bits per heavy atom. The van der Waals surface area contributed by atoms with Crippen LogP contribution in [0.25, 0.3) is 10.8 Å². The third kappa shape index (κ3) is 4.35. The van der Waals surface area contributed by atoms with E-state index < -0.39 is 11.8 Å². The molecule has 0 atom stereocenters. The molecule has 1 aliphatic heterocycles. The van der Waals surface area contributed by atoms with Gasteiger partial charge in [-0.1, -0.05) is 30.3 Å². The van der Waals surface area contributed by atoms with Crippen molar-refractivity contribution < 1.29 is 14.4 Å². The normalized spacial score (nSPS) is 13.9. The van der Waals surface area contributed by atoms with E-state index in [2.05, 4.69) is 10.6 Å². The standard InChI is InChI=1S/C19H21N3O3/c23-17-7-3-11-22(17)12-4-10-20-18(24)19(25)21-16-9-8-14-5-1-2-6-15(14)13-16/h1-2,5-6,8-9,13H,3-4,7,10-12H2,(H,20,24)(H,21,25). The Kier molecular flexibility index (Phi) is 5.28. The van der Waals surface area contributed by atoms with Gasteiger partial charge >= 0.3 is 11.8 Å². The van der Waals surface area contributed by atoms with Crippen molar-refractivity contribution in [3.8, 4) is 0 Å². The first-order valence-electron chi connectivity index (χ1n) is 8.49. The third-order valence-corrected chi connectivity index (χ3v) is 4.28. The fourth-order valence-corrected chi connectivity index (χ4v) is 2.95. The molecule has 2 N–H and O–H groups in total. The van der Waals surface area contributed by atoms with Gasteiger partial charge in [0.1, 0.15) is 0 Å². The average Bonchev–Trinajstić information content (AvgIpc) is 3.03. The lowest BCUT2D eigenvalue weighted by atomic mass is 10.1. The van der Waals surface area contributed by atoms with Gasteiger partial charge in [0.2, 0.25) is 5.91 Å². The number of rotatable bonds is 5. The molecule has 0 saturated carbocycles. The Hall–Kier alpha value is -2.89. The predicted octanol–water partition coefficient (Wildman–Crippen LogP) is 1.91. The quantitative estimate of drug-likeness (QED) is 0.645. The van der Waals surface area contributed by atoms with Crippen LogP contribution >= 0.6 is 0 Å². The SMILES string of the molecule is O=C(NCCCN1CCCC1=O)C(=O)Nc1ccc2ccccc2c1. The van der Waals surface area contributed by atoms with Crippen molar-refractivity contribution in [1.29, 1.82) is 0 Å². The average molecular weight is 339 g/mol. The summed E-state index contributed by atoms with van der Waals surface area (Å²) in [5.41, 5.74) is 0.585. The molecule has 130 valence electrons. The number of carbonyl (C=O) groups is 3. The summed E-state index contributed by atoms with van der Waals surface area (Å²) in [6.07, 6.45) is 2.15. The number of hydrogen-bond acceptors (Lipinski definition) is 3. The molecule has 6 heteroatoms. The van der Waals surface area contributed by atoms with Crippen molar-refractivity contribution in [2.75, 3.05) is 25.0 Å². The van der Waals surface area contributed by atoms with E-state index >= 15 is 0 Å². The summed E-state index contributed by atoms with van der Waals surface area (Å²) in [4.78, 5) is 37.1. The van der Waals surface area contributed by atoms with Crippen LogP contribution in [0.5, 0.6) is 0 Å². The van der Waals surface area contributed by atoms with Gasteiger partial charge in [-0.15, -0.1) is 0 Å². The molecule has 1 fully saturated rings. The highest BCUT2D eigenvalue weighted by atomic mass is 16.2. The Labute approximate surface area is 146 Å². The summed E-state index contributed by atoms with van der Waals surface area (Å²) in [6.45, 7) is 1.77. The molecule has 1 saturated heterocycles. The number of nitrogens with zero attached hydrogens (tertiary/aromatic N) is 1. The first kappa shape index (κ1) is 17.0. The molecule has 0 unspecified atom stereocenters. The zero-order valence-corrected chi connectivity index (χ0v) is 14.0. The van der Waals surface area contributed by atoms with Crippen LogP contribution in [0.15, 0.2) is 42.5 Å². The van der Waals surface area contributed by atoms with Crippen LogP contribution < -0.4 is 10.6 Å². The Balaban J connectivity index is 1.45. The Morgan fingerprint density at radius 2 is 1.84 bits per heavy atom. The van der Waals surface area contributed by atoms with Crippen LogP contribution in [0.4, 0.5) is 5.69 Å². The van der Waals surface area contributed by atoms with Crippen LogP contribution in [0.3, 0.4) is 0 Å². The highest BCUT2D eigenvalue weighted by molar-refractivity contribution is 6.39. The van der Waals surface area contributed by atoms with Crippen LogP contribution in [-0.2, 0) is 14.4 Å². The minimum atomic E-state index is -0.687. The van der Waals surface area contributed by atoms with E-state index in [9.17, 15) is 14.4 Å². The van der Waals surface area contributed by atoms with Gasteiger partial charge in [0.05, 0.1) is 0 Å². The monoisotopic (exact) mass is 339 g/mol. The summed E-state index contributed by atoms with van der Waals surface area (Å²) in [5, 5.41) is 7.26. The number of fused-ring (bicyclic) bond motifs is 1. The number of anilines is 1. The summed E-state index contributed by atoms with van der Waals surface area (Å²) in [5.74, 6) is -1.19. The van der Waals surface area contributed by atoms with E-state index in [1.165, 1.54) is 0 Å². The topological polar surface area (TPSA) is 78.5 Å². The number of nitrogens with one attached hydrogen (secondary N) is 2. The first-order valence-corrected chi connectivity index (χ1v) is 8.49. The second kappa shape index (κ2) is 7.79. The van der Waals surface area contributed by atoms with Crippen molar-refractivity contribution in [1.82, 2.24) is 10.2 Å². The lowest BCUT2D eigenvalue weighted by molar-refractivity contribution is -0.136. The predicted molar refractivity (Wildman–Crippen MR) is 96.0 cm³/mol. The molecule has 0 spiro atoms. The first-order chi connectivity index (χ1) is 12.1. The molecule has 25 heavy (non-hydrogen) atoms. The molecule has 0 aromatic heterocycles. The number of amides is 3. The lowest BCUT2D eigenvalue weighted by Gasteiger charge is -2.15. The number of hydrogen-bond donors (Lipinski definition) is 2. The van der Waals surface area contributed by atoms with Crippen molar-refractivity contribution in [2.45, 2.75) is 19.3 Å². The van der Waals surface area contributed by atoms with E-state index in [0.717, 1.165) is 23.7 Å². The van der Waals surface area contributed by atoms with Gasteiger partial charge in [0, 0.05) is 31.7 Å². The molecule has 0 radical (unpaired) electrons. The molecular weight excluding hydrogens is 318 g/mol. The van der Waals surface area contributed by atoms with Crippen molar-refractivity contribution >= 4 is 34.2 Å². The zero-order valence-electron chi connectivity index (χ0n) is 14.0. The molecule has 0 bridgehead atoms. The van der Waals surface area contributed by atoms with Crippen molar-refractivity contribution in [2.24, 2.45) is 0 Å². The van der Waals surface area contributed by atoms with E-state index in [0.29, 0.717) is 31.6 Å². The van der Waals surface area contributed by atoms with E-state index in [1.54, 1.807) is 11.0 Å². The molecular formula is C19H21N3O3.